The van der Waals surface area contributed by atoms with Gasteiger partial charge in [0.2, 0.25) is 5.95 Å². The first kappa shape index (κ1) is 17.3. The van der Waals surface area contributed by atoms with Gasteiger partial charge in [0.05, 0.1) is 13.3 Å². The number of ether oxygens (including phenoxy) is 1. The largest absolute Gasteiger partial charge is 0.497 e. The first-order valence-corrected chi connectivity index (χ1v) is 7.34. The van der Waals surface area contributed by atoms with Crippen LogP contribution in [0.15, 0.2) is 30.5 Å². The van der Waals surface area contributed by atoms with Crippen LogP contribution in [0.25, 0.3) is 0 Å². The molecule has 2 N–H and O–H groups in total. The van der Waals surface area contributed by atoms with Crippen molar-refractivity contribution in [1.29, 1.82) is 0 Å². The molecule has 24 heavy (non-hydrogen) atoms. The van der Waals surface area contributed by atoms with Crippen LogP contribution in [0.1, 0.15) is 0 Å². The van der Waals surface area contributed by atoms with Gasteiger partial charge in [0.1, 0.15) is 11.4 Å². The lowest BCUT2D eigenvalue weighted by molar-refractivity contribution is 0.262. The third kappa shape index (κ3) is 4.25. The van der Waals surface area contributed by atoms with Crippen molar-refractivity contribution in [1.82, 2.24) is 9.97 Å². The summed E-state index contributed by atoms with van der Waals surface area (Å²) >= 11 is 0. The summed E-state index contributed by atoms with van der Waals surface area (Å²) in [5.74, 6) is 1.92. The molecule has 0 fully saturated rings. The Balaban J connectivity index is 2.12. The van der Waals surface area contributed by atoms with Crippen molar-refractivity contribution in [3.63, 3.8) is 0 Å². The first-order valence-electron chi connectivity index (χ1n) is 7.34. The number of nitrogens with zero attached hydrogens (tertiary/aromatic N) is 4. The third-order valence-electron chi connectivity index (χ3n) is 3.18. The number of methoxy groups -OCH3 is 1. The fraction of sp³-hybridized carbons (Fsp3) is 0.312. The topological polar surface area (TPSA) is 82.6 Å². The zero-order valence-electron chi connectivity index (χ0n) is 14.5. The Kier molecular flexibility index (Phi) is 5.41. The van der Waals surface area contributed by atoms with E-state index in [1.165, 1.54) is 0 Å². The standard InChI is InChI=1S/C16H22N6O2/c1-21(2)14-13(10-17-15(20-14)22(3)4)19-16(23)18-11-6-8-12(24-5)9-7-11/h6-10H,1-5H3,(H2,18,19,23). The van der Waals surface area contributed by atoms with Crippen LogP contribution >= 0.6 is 0 Å². The number of anilines is 4. The number of urea groups is 1. The second kappa shape index (κ2) is 7.49. The van der Waals surface area contributed by atoms with E-state index in [4.69, 9.17) is 4.74 Å². The summed E-state index contributed by atoms with van der Waals surface area (Å²) in [7, 11) is 9.02. The molecule has 1 aromatic carbocycles. The monoisotopic (exact) mass is 330 g/mol. The van der Waals surface area contributed by atoms with Gasteiger partial charge in [-0.15, -0.1) is 0 Å². The summed E-state index contributed by atoms with van der Waals surface area (Å²) in [5.41, 5.74) is 1.18. The summed E-state index contributed by atoms with van der Waals surface area (Å²) in [5, 5.41) is 5.52. The molecule has 8 heteroatoms. The van der Waals surface area contributed by atoms with Gasteiger partial charge in [-0.05, 0) is 24.3 Å². The number of carbonyl (C=O) groups excluding carboxylic acids is 1. The number of hydrogen-bond acceptors (Lipinski definition) is 6. The highest BCUT2D eigenvalue weighted by atomic mass is 16.5. The van der Waals surface area contributed by atoms with Crippen molar-refractivity contribution in [2.45, 2.75) is 0 Å². The minimum absolute atomic E-state index is 0.371. The van der Waals surface area contributed by atoms with Gasteiger partial charge in [-0.1, -0.05) is 0 Å². The Morgan fingerprint density at radius 1 is 1.04 bits per heavy atom. The Hall–Kier alpha value is -3.03. The molecule has 1 heterocycles. The molecule has 0 aliphatic heterocycles. The number of aromatic nitrogens is 2. The van der Waals surface area contributed by atoms with Gasteiger partial charge in [0.15, 0.2) is 5.82 Å². The second-order valence-electron chi connectivity index (χ2n) is 5.50. The van der Waals surface area contributed by atoms with Crippen molar-refractivity contribution in [2.75, 3.05) is 55.7 Å². The summed E-state index contributed by atoms with van der Waals surface area (Å²) in [6.45, 7) is 0. The van der Waals surface area contributed by atoms with Gasteiger partial charge in [-0.2, -0.15) is 4.98 Å². The maximum absolute atomic E-state index is 12.2. The average Bonchev–Trinajstić information content (AvgIpc) is 2.55. The fourth-order valence-corrected chi connectivity index (χ4v) is 1.97. The van der Waals surface area contributed by atoms with Crippen LogP contribution in [0.2, 0.25) is 0 Å². The number of carbonyl (C=O) groups is 1. The quantitative estimate of drug-likeness (QED) is 0.875. The molecule has 0 aliphatic carbocycles. The van der Waals surface area contributed by atoms with Gasteiger partial charge >= 0.3 is 6.03 Å². The molecular formula is C16H22N6O2. The normalized spacial score (nSPS) is 10.0. The van der Waals surface area contributed by atoms with Gasteiger partial charge in [0.25, 0.3) is 0 Å². The molecule has 0 bridgehead atoms. The van der Waals surface area contributed by atoms with Crippen LogP contribution in [-0.2, 0) is 0 Å². The molecule has 0 radical (unpaired) electrons. The summed E-state index contributed by atoms with van der Waals surface area (Å²) in [6, 6.07) is 6.70. The smallest absolute Gasteiger partial charge is 0.323 e. The van der Waals surface area contributed by atoms with Crippen molar-refractivity contribution in [2.24, 2.45) is 0 Å². The predicted molar refractivity (Wildman–Crippen MR) is 96.3 cm³/mol. The molecule has 0 atom stereocenters. The number of amides is 2. The van der Waals surface area contributed by atoms with E-state index in [2.05, 4.69) is 20.6 Å². The van der Waals surface area contributed by atoms with E-state index in [1.54, 1.807) is 42.5 Å². The predicted octanol–water partition coefficient (Wildman–Crippen LogP) is 2.26. The molecule has 0 aliphatic rings. The number of nitrogens with one attached hydrogen (secondary N) is 2. The molecule has 1 aromatic heterocycles. The summed E-state index contributed by atoms with van der Waals surface area (Å²) < 4.78 is 5.09. The number of hydrogen-bond donors (Lipinski definition) is 2. The maximum atomic E-state index is 12.2. The van der Waals surface area contributed by atoms with Crippen molar-refractivity contribution < 1.29 is 9.53 Å². The summed E-state index contributed by atoms with van der Waals surface area (Å²) in [4.78, 5) is 24.5. The minimum Gasteiger partial charge on any atom is -0.497 e. The van der Waals surface area contributed by atoms with Gasteiger partial charge < -0.3 is 25.2 Å². The maximum Gasteiger partial charge on any atom is 0.323 e. The highest BCUT2D eigenvalue weighted by molar-refractivity contribution is 6.01. The highest BCUT2D eigenvalue weighted by Gasteiger charge is 2.13. The number of benzene rings is 1. The Labute approximate surface area is 141 Å². The Bertz CT molecular complexity index is 700. The zero-order valence-corrected chi connectivity index (χ0v) is 14.5. The van der Waals surface area contributed by atoms with Crippen molar-refractivity contribution >= 4 is 29.2 Å². The molecule has 2 rings (SSSR count). The van der Waals surface area contributed by atoms with Gasteiger partial charge in [-0.3, -0.25) is 0 Å². The van der Waals surface area contributed by atoms with Crippen LogP contribution in [-0.4, -0.2) is 51.3 Å². The molecular weight excluding hydrogens is 308 g/mol. The Morgan fingerprint density at radius 2 is 1.71 bits per heavy atom. The van der Waals surface area contributed by atoms with E-state index in [0.717, 1.165) is 5.75 Å². The minimum atomic E-state index is -0.371. The van der Waals surface area contributed by atoms with Crippen LogP contribution in [0.5, 0.6) is 5.75 Å². The molecule has 0 unspecified atom stereocenters. The third-order valence-corrected chi connectivity index (χ3v) is 3.18. The lowest BCUT2D eigenvalue weighted by atomic mass is 10.3. The Morgan fingerprint density at radius 3 is 2.25 bits per heavy atom. The molecule has 0 saturated carbocycles. The summed E-state index contributed by atoms with van der Waals surface area (Å²) in [6.07, 6.45) is 1.59. The first-order chi connectivity index (χ1) is 11.4. The molecule has 2 amide bonds. The molecule has 8 nitrogen and oxygen atoms in total. The molecule has 128 valence electrons. The van der Waals surface area contributed by atoms with Crippen LogP contribution in [0.4, 0.5) is 27.9 Å². The van der Waals surface area contributed by atoms with Crippen LogP contribution in [0, 0.1) is 0 Å². The van der Waals surface area contributed by atoms with E-state index >= 15 is 0 Å². The zero-order chi connectivity index (χ0) is 17.7. The van der Waals surface area contributed by atoms with Gasteiger partial charge in [0, 0.05) is 33.9 Å². The lowest BCUT2D eigenvalue weighted by Gasteiger charge is -2.19. The molecule has 0 spiro atoms. The van der Waals surface area contributed by atoms with E-state index in [-0.39, 0.29) is 6.03 Å². The average molecular weight is 330 g/mol. The SMILES string of the molecule is COc1ccc(NC(=O)Nc2cnc(N(C)C)nc2N(C)C)cc1. The molecule has 2 aromatic rings. The number of rotatable bonds is 5. The van der Waals surface area contributed by atoms with Gasteiger partial charge in [-0.25, -0.2) is 9.78 Å². The lowest BCUT2D eigenvalue weighted by Crippen LogP contribution is -2.23. The van der Waals surface area contributed by atoms with Crippen molar-refractivity contribution in [3.8, 4) is 5.75 Å². The van der Waals surface area contributed by atoms with Crippen LogP contribution < -0.4 is 25.2 Å². The van der Waals surface area contributed by atoms with E-state index in [1.807, 2.05) is 33.1 Å². The van der Waals surface area contributed by atoms with E-state index < -0.39 is 0 Å². The fourth-order valence-electron chi connectivity index (χ4n) is 1.97. The van der Waals surface area contributed by atoms with Crippen LogP contribution in [0.3, 0.4) is 0 Å². The van der Waals surface area contributed by atoms with E-state index in [9.17, 15) is 4.79 Å². The van der Waals surface area contributed by atoms with E-state index in [0.29, 0.717) is 23.1 Å². The molecule has 0 saturated heterocycles. The second-order valence-corrected chi connectivity index (χ2v) is 5.50. The van der Waals surface area contributed by atoms with Crippen molar-refractivity contribution in [3.05, 3.63) is 30.5 Å². The highest BCUT2D eigenvalue weighted by Crippen LogP contribution is 2.23.